The normalized spacial score (nSPS) is 12.4. The molecule has 3 aromatic heterocycles. The van der Waals surface area contributed by atoms with Crippen molar-refractivity contribution in [2.45, 2.75) is 46.4 Å². The minimum absolute atomic E-state index is 0. The van der Waals surface area contributed by atoms with Crippen LogP contribution in [0, 0.1) is 24.8 Å². The molecule has 8 aromatic rings. The summed E-state index contributed by atoms with van der Waals surface area (Å²) >= 11 is 0. The van der Waals surface area contributed by atoms with Gasteiger partial charge in [0.2, 0.25) is 0 Å². The largest absolute Gasteiger partial charge is 0.456 e. The molecule has 1 radical (unpaired) electrons. The summed E-state index contributed by atoms with van der Waals surface area (Å²) in [5.41, 5.74) is 10.0. The maximum absolute atomic E-state index is 12.7. The van der Waals surface area contributed by atoms with Gasteiger partial charge in [0.05, 0.1) is 16.9 Å². The molecule has 247 valence electrons. The zero-order chi connectivity index (χ0) is 35.9. The number of aromatic nitrogens is 3. The van der Waals surface area contributed by atoms with Crippen molar-refractivity contribution in [2.24, 2.45) is 0 Å². The number of aryl methyl sites for hydroxylation is 1. The monoisotopic (exact) mass is 825 g/mol. The first-order valence-corrected chi connectivity index (χ1v) is 16.1. The molecule has 0 bridgehead atoms. The van der Waals surface area contributed by atoms with Gasteiger partial charge in [-0.05, 0) is 59.8 Å². The van der Waals surface area contributed by atoms with Crippen molar-refractivity contribution in [1.82, 2.24) is 14.5 Å². The predicted molar refractivity (Wildman–Crippen MR) is 194 cm³/mol. The van der Waals surface area contributed by atoms with Crippen LogP contribution in [-0.4, -0.2) is 14.5 Å². The molecule has 0 aliphatic carbocycles. The number of imidazole rings is 1. The number of pyridine rings is 1. The van der Waals surface area contributed by atoms with Crippen LogP contribution in [0.15, 0.2) is 120 Å². The number of fused-ring (bicyclic) bond motifs is 4. The van der Waals surface area contributed by atoms with Crippen LogP contribution in [0.1, 0.15) is 60.3 Å². The fourth-order valence-corrected chi connectivity index (χ4v) is 6.20. The Balaban J connectivity index is 0.000000218. The third-order valence-corrected chi connectivity index (χ3v) is 8.45. The van der Waals surface area contributed by atoms with Crippen LogP contribution < -0.4 is 0 Å². The molecule has 0 unspecified atom stereocenters. The number of furan rings is 1. The van der Waals surface area contributed by atoms with E-state index >= 15 is 0 Å². The van der Waals surface area contributed by atoms with Crippen LogP contribution in [0.5, 0.6) is 0 Å². The van der Waals surface area contributed by atoms with Crippen LogP contribution in [-0.2, 0) is 20.1 Å². The van der Waals surface area contributed by atoms with Gasteiger partial charge in [0.1, 0.15) is 11.2 Å². The number of hydrogen-bond donors (Lipinski definition) is 0. The van der Waals surface area contributed by atoms with Gasteiger partial charge in [-0.15, -0.1) is 65.7 Å². The van der Waals surface area contributed by atoms with Gasteiger partial charge in [-0.1, -0.05) is 70.2 Å². The van der Waals surface area contributed by atoms with Crippen molar-refractivity contribution < 1.29 is 33.0 Å². The molecule has 4 nitrogen and oxygen atoms in total. The summed E-state index contributed by atoms with van der Waals surface area (Å²) in [6.07, 6.45) is 1.31. The summed E-state index contributed by atoms with van der Waals surface area (Å²) in [6.45, 7) is 6.89. The predicted octanol–water partition coefficient (Wildman–Crippen LogP) is 11.6. The van der Waals surface area contributed by atoms with Crippen LogP contribution in [0.3, 0.4) is 0 Å². The average molecular weight is 825 g/mol. The van der Waals surface area contributed by atoms with Crippen molar-refractivity contribution in [3.8, 4) is 28.3 Å². The summed E-state index contributed by atoms with van der Waals surface area (Å²) < 4.78 is 43.2. The standard InChI is InChI=1S/C31H27N2O.C12H9FN.Ir/c1-19(2)23-18-24-22-14-8-11-17-27(22)34-30(24)28(20(3)4)29(23)33-26-16-10-9-15-25(26)32-31(33)21-12-6-5-7-13-21;1-9-2-7-12(14-8-9)10-3-5-11(13)6-4-10;/h5-12,14-20H,1-4H3;2-3,5-8H,1H3;/q2*-1;/i;1D3;. The molecule has 0 fully saturated rings. The second-order valence-electron chi connectivity index (χ2n) is 12.4. The van der Waals surface area contributed by atoms with Crippen molar-refractivity contribution in [3.05, 3.63) is 150 Å². The first-order chi connectivity index (χ1) is 24.5. The minimum Gasteiger partial charge on any atom is -0.456 e. The molecule has 0 N–H and O–H groups in total. The van der Waals surface area contributed by atoms with Crippen LogP contribution in [0.2, 0.25) is 0 Å². The van der Waals surface area contributed by atoms with Gasteiger partial charge in [0, 0.05) is 58.3 Å². The van der Waals surface area contributed by atoms with E-state index in [9.17, 15) is 4.39 Å². The molecule has 0 aliphatic heterocycles. The number of para-hydroxylation sites is 3. The summed E-state index contributed by atoms with van der Waals surface area (Å²) in [5, 5.41) is 2.35. The second-order valence-corrected chi connectivity index (χ2v) is 12.4. The van der Waals surface area contributed by atoms with Crippen LogP contribution in [0.4, 0.5) is 4.39 Å². The first-order valence-electron chi connectivity index (χ1n) is 17.6. The van der Waals surface area contributed by atoms with Crippen molar-refractivity contribution in [2.75, 3.05) is 0 Å². The van der Waals surface area contributed by atoms with Gasteiger partial charge < -0.3 is 14.0 Å². The van der Waals surface area contributed by atoms with Crippen LogP contribution >= 0.6 is 0 Å². The number of hydrogen-bond acceptors (Lipinski definition) is 3. The van der Waals surface area contributed by atoms with Gasteiger partial charge in [0.15, 0.2) is 0 Å². The maximum Gasteiger partial charge on any atom is 0.140 e. The van der Waals surface area contributed by atoms with E-state index in [4.69, 9.17) is 13.5 Å². The quantitative estimate of drug-likeness (QED) is 0.162. The van der Waals surface area contributed by atoms with Gasteiger partial charge in [-0.2, -0.15) is 0 Å². The molecular formula is C43H36FIrN3O-2. The number of benzene rings is 5. The fourth-order valence-electron chi connectivity index (χ4n) is 6.20. The van der Waals surface area contributed by atoms with E-state index in [0.29, 0.717) is 17.2 Å². The summed E-state index contributed by atoms with van der Waals surface area (Å²) in [5.74, 6) is 1.11. The molecule has 49 heavy (non-hydrogen) atoms. The minimum atomic E-state index is -2.15. The molecule has 0 amide bonds. The summed E-state index contributed by atoms with van der Waals surface area (Å²) in [6, 6.07) is 40.4. The molecule has 0 saturated heterocycles. The Morgan fingerprint density at radius 3 is 2.31 bits per heavy atom. The van der Waals surface area contributed by atoms with E-state index in [0.717, 1.165) is 33.6 Å². The Kier molecular flexibility index (Phi) is 8.80. The van der Waals surface area contributed by atoms with Gasteiger partial charge in [-0.25, -0.2) is 0 Å². The molecule has 6 heteroatoms. The molecule has 3 heterocycles. The van der Waals surface area contributed by atoms with E-state index in [1.807, 2.05) is 30.3 Å². The van der Waals surface area contributed by atoms with E-state index in [-0.39, 0.29) is 37.4 Å². The molecule has 0 atom stereocenters. The van der Waals surface area contributed by atoms with E-state index < -0.39 is 6.85 Å². The van der Waals surface area contributed by atoms with Crippen molar-refractivity contribution in [3.63, 3.8) is 0 Å². The third-order valence-electron chi connectivity index (χ3n) is 8.45. The van der Waals surface area contributed by atoms with Crippen molar-refractivity contribution >= 4 is 33.0 Å². The van der Waals surface area contributed by atoms with E-state index in [2.05, 4.69) is 97.9 Å². The molecule has 5 aromatic carbocycles. The molecule has 0 aliphatic rings. The molecule has 0 saturated carbocycles. The fraction of sp³-hybridized carbons (Fsp3) is 0.163. The van der Waals surface area contributed by atoms with Crippen LogP contribution in [0.25, 0.3) is 61.3 Å². The SMILES string of the molecule is CC(C)c1cc2c(oc3ccccc32)c(C(C)C)c1-n1c(-c2[c-]cccc2)nc2ccccc21.[2H]C([2H])([2H])c1ccc(-c2[c-]cc(F)cc2)nc1.[Ir]. The molecular weight excluding hydrogens is 786 g/mol. The number of rotatable bonds is 5. The smallest absolute Gasteiger partial charge is 0.140 e. The topological polar surface area (TPSA) is 43.9 Å². The Morgan fingerprint density at radius 2 is 1.61 bits per heavy atom. The summed E-state index contributed by atoms with van der Waals surface area (Å²) in [7, 11) is 0. The third kappa shape index (κ3) is 6.59. The Hall–Kier alpha value is -4.90. The zero-order valence-electron chi connectivity index (χ0n) is 30.6. The Morgan fingerprint density at radius 1 is 0.816 bits per heavy atom. The number of halogens is 1. The van der Waals surface area contributed by atoms with Gasteiger partial charge in [-0.3, -0.25) is 9.37 Å². The average Bonchev–Trinajstić information content (AvgIpc) is 3.70. The van der Waals surface area contributed by atoms with Crippen molar-refractivity contribution in [1.29, 1.82) is 0 Å². The Bertz CT molecular complexity index is 2470. The number of nitrogens with zero attached hydrogens (tertiary/aromatic N) is 3. The zero-order valence-corrected chi connectivity index (χ0v) is 30.0. The summed E-state index contributed by atoms with van der Waals surface area (Å²) in [4.78, 5) is 9.12. The Labute approximate surface area is 304 Å². The van der Waals surface area contributed by atoms with E-state index in [1.165, 1.54) is 52.0 Å². The second kappa shape index (κ2) is 14.3. The van der Waals surface area contributed by atoms with Gasteiger partial charge >= 0.3 is 0 Å². The molecule has 8 rings (SSSR count). The maximum atomic E-state index is 12.7. The first kappa shape index (κ1) is 30.2. The van der Waals surface area contributed by atoms with Gasteiger partial charge in [0.25, 0.3) is 0 Å². The molecule has 0 spiro atoms. The van der Waals surface area contributed by atoms with E-state index in [1.54, 1.807) is 12.1 Å².